The molecule has 1 aromatic carbocycles. The molecule has 0 saturated heterocycles. The third-order valence-electron chi connectivity index (χ3n) is 7.79. The molecule has 1 N–H and O–H groups in total. The number of benzene rings is 1. The second-order valence-corrected chi connectivity index (χ2v) is 11.0. The topological polar surface area (TPSA) is 113 Å². The van der Waals surface area contributed by atoms with Crippen molar-refractivity contribution in [3.8, 4) is 33.6 Å². The molecule has 1 aliphatic heterocycles. The molecule has 2 unspecified atom stereocenters. The molecule has 1 amide bonds. The number of halogens is 4. The molecule has 226 valence electrons. The van der Waals surface area contributed by atoms with Gasteiger partial charge in [0.25, 0.3) is 5.56 Å². The Labute approximate surface area is 254 Å². The number of alkyl halides is 2. The number of rotatable bonds is 4. The van der Waals surface area contributed by atoms with Crippen LogP contribution in [0.4, 0.5) is 18.9 Å². The van der Waals surface area contributed by atoms with Gasteiger partial charge in [0.2, 0.25) is 5.91 Å². The van der Waals surface area contributed by atoms with Crippen LogP contribution in [0.2, 0.25) is 5.02 Å². The Balaban J connectivity index is 1.45. The molecule has 44 heavy (non-hydrogen) atoms. The molecule has 2 atom stereocenters. The average Bonchev–Trinajstić information content (AvgIpc) is 3.64. The van der Waals surface area contributed by atoms with Crippen LogP contribution >= 0.6 is 11.6 Å². The zero-order valence-electron chi connectivity index (χ0n) is 23.6. The number of nitrogens with zero attached hydrogens (tertiary/aromatic N) is 7. The maximum absolute atomic E-state index is 15.5. The zero-order valence-corrected chi connectivity index (χ0v) is 24.3. The van der Waals surface area contributed by atoms with E-state index in [4.69, 9.17) is 11.6 Å². The molecule has 0 spiro atoms. The van der Waals surface area contributed by atoms with Crippen LogP contribution in [-0.4, -0.2) is 40.0 Å². The summed E-state index contributed by atoms with van der Waals surface area (Å²) >= 11 is 6.09. The maximum Gasteiger partial charge on any atom is 0.333 e. The van der Waals surface area contributed by atoms with E-state index < -0.39 is 24.0 Å². The number of carbonyl (C=O) groups excluding carboxylic acids is 1. The van der Waals surface area contributed by atoms with Crippen molar-refractivity contribution in [2.24, 2.45) is 13.0 Å². The second-order valence-electron chi connectivity index (χ2n) is 10.6. The van der Waals surface area contributed by atoms with E-state index in [-0.39, 0.29) is 39.2 Å². The fourth-order valence-corrected chi connectivity index (χ4v) is 5.65. The Hall–Kier alpha value is -4.78. The first-order chi connectivity index (χ1) is 21.1. The predicted molar refractivity (Wildman–Crippen MR) is 158 cm³/mol. The molecule has 4 aromatic heterocycles. The summed E-state index contributed by atoms with van der Waals surface area (Å²) in [6.45, 7) is -1.04. The van der Waals surface area contributed by atoms with E-state index in [2.05, 4.69) is 25.5 Å². The summed E-state index contributed by atoms with van der Waals surface area (Å²) in [5.74, 6) is -1.28. The first kappa shape index (κ1) is 29.3. The molecule has 0 aliphatic carbocycles. The number of fused-ring (bicyclic) bond motifs is 4. The number of hydrogen-bond acceptors (Lipinski definition) is 6. The van der Waals surface area contributed by atoms with Gasteiger partial charge in [0.15, 0.2) is 5.82 Å². The molecule has 0 fully saturated rings. The van der Waals surface area contributed by atoms with Gasteiger partial charge >= 0.3 is 6.55 Å². The molecule has 5 aromatic rings. The normalized spacial score (nSPS) is 17.1. The number of aromatic nitrogens is 7. The number of hydrogen-bond donors (Lipinski definition) is 1. The number of pyridine rings is 1. The van der Waals surface area contributed by atoms with E-state index in [1.165, 1.54) is 35.3 Å². The highest BCUT2D eigenvalue weighted by atomic mass is 35.5. The van der Waals surface area contributed by atoms with Crippen molar-refractivity contribution in [2.45, 2.75) is 38.8 Å². The van der Waals surface area contributed by atoms with Crippen LogP contribution in [0.3, 0.4) is 0 Å². The molecular formula is C30H26ClF3N8O2. The van der Waals surface area contributed by atoms with Gasteiger partial charge in [-0.1, -0.05) is 31.0 Å². The molecule has 14 heteroatoms. The second kappa shape index (κ2) is 11.7. The van der Waals surface area contributed by atoms with Gasteiger partial charge in [-0.2, -0.15) is 19.0 Å². The molecule has 1 aliphatic rings. The Bertz CT molecular complexity index is 1940. The number of nitrogens with one attached hydrogen (secondary N) is 1. The standard InChI is InChI=1S/C30H26ClF3N8O2/c1-16-4-3-5-24(21-10-17(8-9-35-21)28-23(39-29(16)44)13-37-40(28)2)41-15-36-22(11-25(41)43)26-19(6-7-20(31)27(26)32)18-12-38-42(14-18)30(33)34/h6-16,24,30H,3-5H2,1-2H3,(H,39,44). The highest BCUT2D eigenvalue weighted by molar-refractivity contribution is 6.31. The minimum absolute atomic E-state index is 0.0225. The number of carbonyl (C=O) groups is 1. The van der Waals surface area contributed by atoms with E-state index in [1.807, 2.05) is 13.0 Å². The van der Waals surface area contributed by atoms with Crippen LogP contribution in [0, 0.1) is 11.7 Å². The molecule has 0 saturated carbocycles. The van der Waals surface area contributed by atoms with E-state index in [0.29, 0.717) is 41.0 Å². The summed E-state index contributed by atoms with van der Waals surface area (Å²) in [6, 6.07) is 7.04. The fraction of sp³-hybridized carbons (Fsp3) is 0.267. The Morgan fingerprint density at radius 2 is 1.86 bits per heavy atom. The van der Waals surface area contributed by atoms with Crippen molar-refractivity contribution in [1.29, 1.82) is 0 Å². The van der Waals surface area contributed by atoms with Crippen LogP contribution in [0.15, 0.2) is 66.2 Å². The van der Waals surface area contributed by atoms with Gasteiger partial charge < -0.3 is 5.32 Å². The number of anilines is 1. The largest absolute Gasteiger partial charge is 0.333 e. The van der Waals surface area contributed by atoms with Crippen LogP contribution in [-0.2, 0) is 11.8 Å². The lowest BCUT2D eigenvalue weighted by Gasteiger charge is -2.22. The quantitative estimate of drug-likeness (QED) is 0.259. The van der Waals surface area contributed by atoms with E-state index in [1.54, 1.807) is 30.2 Å². The fourth-order valence-electron chi connectivity index (χ4n) is 5.49. The van der Waals surface area contributed by atoms with Crippen molar-refractivity contribution in [3.05, 3.63) is 88.3 Å². The number of amides is 1. The number of aryl methyl sites for hydroxylation is 1. The minimum Gasteiger partial charge on any atom is -0.323 e. The van der Waals surface area contributed by atoms with E-state index >= 15 is 4.39 Å². The summed E-state index contributed by atoms with van der Waals surface area (Å²) in [5, 5.41) is 10.7. The molecular weight excluding hydrogens is 597 g/mol. The Kier molecular flexibility index (Phi) is 7.80. The van der Waals surface area contributed by atoms with Crippen LogP contribution in [0.25, 0.3) is 33.6 Å². The van der Waals surface area contributed by atoms with Gasteiger partial charge in [-0.3, -0.25) is 23.8 Å². The lowest BCUT2D eigenvalue weighted by atomic mass is 9.96. The summed E-state index contributed by atoms with van der Waals surface area (Å²) < 4.78 is 45.4. The van der Waals surface area contributed by atoms with E-state index in [9.17, 15) is 18.4 Å². The minimum atomic E-state index is -2.88. The van der Waals surface area contributed by atoms with Crippen molar-refractivity contribution < 1.29 is 18.0 Å². The first-order valence-corrected chi connectivity index (χ1v) is 14.2. The smallest absolute Gasteiger partial charge is 0.323 e. The summed E-state index contributed by atoms with van der Waals surface area (Å²) in [6.07, 6.45) is 8.43. The molecule has 2 bridgehead atoms. The molecule has 6 rings (SSSR count). The zero-order chi connectivity index (χ0) is 31.1. The average molecular weight is 623 g/mol. The SMILES string of the molecule is CC1CCCC(n2cnc(-c3c(-c4cnn(C(F)F)c4)ccc(Cl)c3F)cc2=O)c2cc(ccn2)-c2c(cnn2C)NC1=O. The lowest BCUT2D eigenvalue weighted by molar-refractivity contribution is -0.119. The van der Waals surface area contributed by atoms with Gasteiger partial charge in [0.05, 0.1) is 52.6 Å². The van der Waals surface area contributed by atoms with Gasteiger partial charge in [0, 0.05) is 48.1 Å². The molecule has 10 nitrogen and oxygen atoms in total. The lowest BCUT2D eigenvalue weighted by Crippen LogP contribution is -2.27. The van der Waals surface area contributed by atoms with Crippen molar-refractivity contribution in [2.75, 3.05) is 5.32 Å². The van der Waals surface area contributed by atoms with Gasteiger partial charge in [-0.25, -0.2) is 14.1 Å². The van der Waals surface area contributed by atoms with Crippen LogP contribution in [0.5, 0.6) is 0 Å². The highest BCUT2D eigenvalue weighted by Gasteiger charge is 2.25. The Morgan fingerprint density at radius 3 is 2.61 bits per heavy atom. The van der Waals surface area contributed by atoms with Crippen LogP contribution < -0.4 is 10.9 Å². The van der Waals surface area contributed by atoms with Gasteiger partial charge in [-0.05, 0) is 36.6 Å². The van der Waals surface area contributed by atoms with Crippen molar-refractivity contribution >= 4 is 23.2 Å². The first-order valence-electron chi connectivity index (χ1n) is 13.8. The molecule has 0 radical (unpaired) electrons. The van der Waals surface area contributed by atoms with E-state index in [0.717, 1.165) is 11.8 Å². The third-order valence-corrected chi connectivity index (χ3v) is 8.08. The van der Waals surface area contributed by atoms with Crippen molar-refractivity contribution in [3.63, 3.8) is 0 Å². The monoisotopic (exact) mass is 622 g/mol. The highest BCUT2D eigenvalue weighted by Crippen LogP contribution is 2.37. The third kappa shape index (κ3) is 5.39. The summed E-state index contributed by atoms with van der Waals surface area (Å²) in [4.78, 5) is 35.6. The van der Waals surface area contributed by atoms with Gasteiger partial charge in [-0.15, -0.1) is 0 Å². The molecule has 5 heterocycles. The van der Waals surface area contributed by atoms with Crippen LogP contribution in [0.1, 0.15) is 44.5 Å². The predicted octanol–water partition coefficient (Wildman–Crippen LogP) is 6.10. The summed E-state index contributed by atoms with van der Waals surface area (Å²) in [7, 11) is 1.77. The Morgan fingerprint density at radius 1 is 1.05 bits per heavy atom. The maximum atomic E-state index is 15.5. The summed E-state index contributed by atoms with van der Waals surface area (Å²) in [5.41, 5.74) is 2.38. The van der Waals surface area contributed by atoms with Crippen molar-refractivity contribution in [1.82, 2.24) is 34.1 Å². The van der Waals surface area contributed by atoms with Gasteiger partial charge in [0.1, 0.15) is 0 Å².